The van der Waals surface area contributed by atoms with Gasteiger partial charge in [0.15, 0.2) is 5.60 Å². The number of carbonyl (C=O) groups is 3. The number of anilines is 1. The van der Waals surface area contributed by atoms with Gasteiger partial charge in [0.25, 0.3) is 5.91 Å². The maximum absolute atomic E-state index is 12.9. The van der Waals surface area contributed by atoms with Crippen molar-refractivity contribution in [3.63, 3.8) is 0 Å². The number of hydrogen-bond donors (Lipinski definition) is 1. The Hall–Kier alpha value is -3.15. The highest BCUT2D eigenvalue weighted by atomic mass is 16.6. The lowest BCUT2D eigenvalue weighted by atomic mass is 9.88. The number of carbonyl (C=O) groups excluding carboxylic acids is 3. The molecule has 1 atom stereocenters. The number of nitrogens with one attached hydrogen (secondary N) is 1. The van der Waals surface area contributed by atoms with Crippen molar-refractivity contribution in [2.24, 2.45) is 0 Å². The Kier molecular flexibility index (Phi) is 4.50. The van der Waals surface area contributed by atoms with Gasteiger partial charge in [0, 0.05) is 6.42 Å². The lowest BCUT2D eigenvalue weighted by molar-refractivity contribution is -0.134. The van der Waals surface area contributed by atoms with Crippen molar-refractivity contribution in [3.05, 3.63) is 64.7 Å². The SMILES string of the molecule is COC(=O)c1ccccc1NC(=O)[C@@]1(C)Cc2cc(C)ccc2C(=O)O1. The predicted molar refractivity (Wildman–Crippen MR) is 95.1 cm³/mol. The predicted octanol–water partition coefficient (Wildman–Crippen LogP) is 2.89. The van der Waals surface area contributed by atoms with Crippen molar-refractivity contribution >= 4 is 23.5 Å². The molecule has 1 N–H and O–H groups in total. The summed E-state index contributed by atoms with van der Waals surface area (Å²) in [6.45, 7) is 3.48. The minimum absolute atomic E-state index is 0.227. The molecule has 1 amide bonds. The Labute approximate surface area is 151 Å². The summed E-state index contributed by atoms with van der Waals surface area (Å²) in [6.07, 6.45) is 0.252. The fourth-order valence-corrected chi connectivity index (χ4v) is 2.99. The van der Waals surface area contributed by atoms with E-state index in [1.807, 2.05) is 19.1 Å². The van der Waals surface area contributed by atoms with Gasteiger partial charge < -0.3 is 14.8 Å². The number of rotatable bonds is 3. The minimum atomic E-state index is -1.37. The smallest absolute Gasteiger partial charge is 0.339 e. The zero-order valence-corrected chi connectivity index (χ0v) is 14.8. The first kappa shape index (κ1) is 17.7. The molecule has 2 aromatic rings. The molecule has 1 heterocycles. The summed E-state index contributed by atoms with van der Waals surface area (Å²) < 4.78 is 10.2. The van der Waals surface area contributed by atoms with E-state index in [1.165, 1.54) is 7.11 Å². The molecule has 1 aliphatic heterocycles. The molecular weight excluding hydrogens is 334 g/mol. The van der Waals surface area contributed by atoms with Crippen LogP contribution in [0.4, 0.5) is 5.69 Å². The van der Waals surface area contributed by atoms with Gasteiger partial charge in [0.1, 0.15) is 0 Å². The standard InChI is InChI=1S/C20H19NO5/c1-12-8-9-14-13(10-12)11-20(2,26-18(14)23)19(24)21-16-7-5-4-6-15(16)17(22)25-3/h4-10H,11H2,1-3H3,(H,21,24)/t20-/m1/s1. The molecule has 6 nitrogen and oxygen atoms in total. The van der Waals surface area contributed by atoms with Crippen LogP contribution in [0.25, 0.3) is 0 Å². The molecular formula is C20H19NO5. The number of aryl methyl sites for hydroxylation is 1. The normalized spacial score (nSPS) is 18.5. The van der Waals surface area contributed by atoms with E-state index in [2.05, 4.69) is 5.32 Å². The molecule has 1 aliphatic rings. The first-order valence-corrected chi connectivity index (χ1v) is 8.16. The maximum atomic E-state index is 12.9. The van der Waals surface area contributed by atoms with Crippen LogP contribution >= 0.6 is 0 Å². The quantitative estimate of drug-likeness (QED) is 0.858. The third-order valence-electron chi connectivity index (χ3n) is 4.39. The number of cyclic esters (lactones) is 1. The summed E-state index contributed by atoms with van der Waals surface area (Å²) in [5.74, 6) is -1.60. The summed E-state index contributed by atoms with van der Waals surface area (Å²) in [4.78, 5) is 37.0. The van der Waals surface area contributed by atoms with Crippen molar-refractivity contribution < 1.29 is 23.9 Å². The van der Waals surface area contributed by atoms with Crippen LogP contribution in [-0.2, 0) is 20.7 Å². The van der Waals surface area contributed by atoms with Crippen LogP contribution in [-0.4, -0.2) is 30.6 Å². The van der Waals surface area contributed by atoms with Gasteiger partial charge in [-0.25, -0.2) is 9.59 Å². The average molecular weight is 353 g/mol. The largest absolute Gasteiger partial charge is 0.465 e. The second-order valence-corrected chi connectivity index (χ2v) is 6.45. The van der Waals surface area contributed by atoms with E-state index >= 15 is 0 Å². The summed E-state index contributed by atoms with van der Waals surface area (Å²) in [5, 5.41) is 2.68. The van der Waals surface area contributed by atoms with Crippen LogP contribution < -0.4 is 5.32 Å². The Morgan fingerprint density at radius 3 is 2.65 bits per heavy atom. The van der Waals surface area contributed by atoms with E-state index in [4.69, 9.17) is 9.47 Å². The molecule has 6 heteroatoms. The molecule has 0 bridgehead atoms. The van der Waals surface area contributed by atoms with Gasteiger partial charge in [0.2, 0.25) is 0 Å². The number of hydrogen-bond acceptors (Lipinski definition) is 5. The molecule has 0 fully saturated rings. The second-order valence-electron chi connectivity index (χ2n) is 6.45. The highest BCUT2D eigenvalue weighted by molar-refractivity contribution is 6.06. The Balaban J connectivity index is 1.89. The van der Waals surface area contributed by atoms with E-state index in [1.54, 1.807) is 37.3 Å². The van der Waals surface area contributed by atoms with Crippen molar-refractivity contribution in [3.8, 4) is 0 Å². The van der Waals surface area contributed by atoms with E-state index in [-0.39, 0.29) is 12.0 Å². The van der Waals surface area contributed by atoms with Gasteiger partial charge in [-0.1, -0.05) is 29.8 Å². The number of fused-ring (bicyclic) bond motifs is 1. The Bertz CT molecular complexity index is 905. The molecule has 0 aliphatic carbocycles. The average Bonchev–Trinajstić information content (AvgIpc) is 2.61. The van der Waals surface area contributed by atoms with E-state index in [0.717, 1.165) is 11.1 Å². The number of amides is 1. The molecule has 0 unspecified atom stereocenters. The van der Waals surface area contributed by atoms with Crippen LogP contribution in [0.1, 0.15) is 38.8 Å². The summed E-state index contributed by atoms with van der Waals surface area (Å²) in [6, 6.07) is 11.9. The fourth-order valence-electron chi connectivity index (χ4n) is 2.99. The van der Waals surface area contributed by atoms with Crippen LogP contribution in [0.5, 0.6) is 0 Å². The van der Waals surface area contributed by atoms with Gasteiger partial charge in [-0.2, -0.15) is 0 Å². The molecule has 0 saturated carbocycles. The van der Waals surface area contributed by atoms with E-state index < -0.39 is 23.4 Å². The summed E-state index contributed by atoms with van der Waals surface area (Å²) >= 11 is 0. The van der Waals surface area contributed by atoms with Crippen molar-refractivity contribution in [1.82, 2.24) is 0 Å². The van der Waals surface area contributed by atoms with Crippen LogP contribution in [0.3, 0.4) is 0 Å². The molecule has 0 spiro atoms. The third kappa shape index (κ3) is 3.18. The zero-order valence-electron chi connectivity index (χ0n) is 14.8. The second kappa shape index (κ2) is 6.63. The first-order chi connectivity index (χ1) is 12.3. The van der Waals surface area contributed by atoms with Crippen molar-refractivity contribution in [2.45, 2.75) is 25.9 Å². The Morgan fingerprint density at radius 1 is 1.19 bits per heavy atom. The molecule has 134 valence electrons. The number of benzene rings is 2. The van der Waals surface area contributed by atoms with Gasteiger partial charge in [-0.15, -0.1) is 0 Å². The molecule has 2 aromatic carbocycles. The molecule has 3 rings (SSSR count). The van der Waals surface area contributed by atoms with Crippen LogP contribution in [0.2, 0.25) is 0 Å². The summed E-state index contributed by atoms with van der Waals surface area (Å²) in [5.41, 5.74) is 1.39. The minimum Gasteiger partial charge on any atom is -0.465 e. The van der Waals surface area contributed by atoms with Crippen LogP contribution in [0, 0.1) is 6.92 Å². The lowest BCUT2D eigenvalue weighted by Gasteiger charge is -2.33. The number of methoxy groups -OCH3 is 1. The molecule has 26 heavy (non-hydrogen) atoms. The lowest BCUT2D eigenvalue weighted by Crippen LogP contribution is -2.49. The monoisotopic (exact) mass is 353 g/mol. The van der Waals surface area contributed by atoms with Crippen molar-refractivity contribution in [2.75, 3.05) is 12.4 Å². The Morgan fingerprint density at radius 2 is 1.92 bits per heavy atom. The molecule has 0 saturated heterocycles. The van der Waals surface area contributed by atoms with Gasteiger partial charge in [0.05, 0.1) is 23.9 Å². The van der Waals surface area contributed by atoms with Crippen molar-refractivity contribution in [1.29, 1.82) is 0 Å². The highest BCUT2D eigenvalue weighted by Crippen LogP contribution is 2.30. The van der Waals surface area contributed by atoms with Gasteiger partial charge in [-0.3, -0.25) is 4.79 Å². The maximum Gasteiger partial charge on any atom is 0.339 e. The topological polar surface area (TPSA) is 81.7 Å². The summed E-state index contributed by atoms with van der Waals surface area (Å²) in [7, 11) is 1.27. The van der Waals surface area contributed by atoms with Gasteiger partial charge >= 0.3 is 11.9 Å². The number of para-hydroxylation sites is 1. The van der Waals surface area contributed by atoms with Gasteiger partial charge in [-0.05, 0) is 37.6 Å². The van der Waals surface area contributed by atoms with E-state index in [0.29, 0.717) is 11.3 Å². The first-order valence-electron chi connectivity index (χ1n) is 8.16. The number of esters is 2. The molecule has 0 radical (unpaired) electrons. The molecule has 0 aromatic heterocycles. The van der Waals surface area contributed by atoms with E-state index in [9.17, 15) is 14.4 Å². The fraction of sp³-hybridized carbons (Fsp3) is 0.250. The zero-order chi connectivity index (χ0) is 18.9. The highest BCUT2D eigenvalue weighted by Gasteiger charge is 2.43. The third-order valence-corrected chi connectivity index (χ3v) is 4.39. The van der Waals surface area contributed by atoms with Crippen LogP contribution in [0.15, 0.2) is 42.5 Å². The number of ether oxygens (including phenoxy) is 2.